The van der Waals surface area contributed by atoms with E-state index in [-0.39, 0.29) is 5.88 Å². The third-order valence-electron chi connectivity index (χ3n) is 3.05. The van der Waals surface area contributed by atoms with Crippen LogP contribution in [-0.4, -0.2) is 27.6 Å². The minimum absolute atomic E-state index is 0.248. The largest absolute Gasteiger partial charge is 0.494 e. The first-order valence-electron chi connectivity index (χ1n) is 5.34. The number of hydrogen-bond acceptors (Lipinski definition) is 3. The summed E-state index contributed by atoms with van der Waals surface area (Å²) < 4.78 is 2.62. The summed E-state index contributed by atoms with van der Waals surface area (Å²) in [6, 6.07) is 5.46. The van der Waals surface area contributed by atoms with Gasteiger partial charge >= 0.3 is 0 Å². The van der Waals surface area contributed by atoms with Crippen LogP contribution in [0.25, 0.3) is 5.52 Å². The Morgan fingerprint density at radius 2 is 2.38 bits per heavy atom. The van der Waals surface area contributed by atoms with Gasteiger partial charge in [0.2, 0.25) is 0 Å². The first-order valence-corrected chi connectivity index (χ1v) is 6.13. The highest BCUT2D eigenvalue weighted by Gasteiger charge is 2.23. The summed E-state index contributed by atoms with van der Waals surface area (Å²) in [6.45, 7) is 1.95. The van der Waals surface area contributed by atoms with Crippen molar-refractivity contribution in [3.63, 3.8) is 0 Å². The Bertz CT molecular complexity index is 531. The topological polar surface area (TPSA) is 49.6 Å². The summed E-state index contributed by atoms with van der Waals surface area (Å²) in [4.78, 5) is 4.51. The van der Waals surface area contributed by atoms with Crippen LogP contribution in [0.15, 0.2) is 22.8 Å². The van der Waals surface area contributed by atoms with Gasteiger partial charge in [-0.05, 0) is 41.0 Å². The van der Waals surface area contributed by atoms with Gasteiger partial charge in [0.05, 0.1) is 5.52 Å². The van der Waals surface area contributed by atoms with E-state index in [1.807, 2.05) is 16.5 Å². The second-order valence-electron chi connectivity index (χ2n) is 4.06. The van der Waals surface area contributed by atoms with E-state index in [0.717, 1.165) is 35.5 Å². The maximum Gasteiger partial charge on any atom is 0.197 e. The molecule has 2 aromatic rings. The molecule has 0 aromatic carbocycles. The number of nitrogens with one attached hydrogen (secondary N) is 1. The highest BCUT2D eigenvalue weighted by atomic mass is 79.9. The molecule has 4 nitrogen and oxygen atoms in total. The molecule has 5 heteroatoms. The van der Waals surface area contributed by atoms with Crippen molar-refractivity contribution in [1.82, 2.24) is 14.7 Å². The van der Waals surface area contributed by atoms with Crippen molar-refractivity contribution in [2.24, 2.45) is 0 Å². The SMILES string of the molecule is Oc1cccc2c(Br)nc(C3CCNC3)n12. The standard InChI is InChI=1S/C11H12BrN3O/c12-10-8-2-1-3-9(16)15(8)11(14-10)7-4-5-13-6-7/h1-3,7,13,16H,4-6H2. The molecular formula is C11H12BrN3O. The summed E-state index contributed by atoms with van der Waals surface area (Å²) in [7, 11) is 0. The number of aromatic nitrogens is 2. The number of rotatable bonds is 1. The molecule has 0 spiro atoms. The average Bonchev–Trinajstić information content (AvgIpc) is 2.87. The van der Waals surface area contributed by atoms with Crippen LogP contribution in [-0.2, 0) is 0 Å². The van der Waals surface area contributed by atoms with Crippen LogP contribution < -0.4 is 5.32 Å². The molecule has 2 aromatic heterocycles. The van der Waals surface area contributed by atoms with Gasteiger partial charge in [-0.3, -0.25) is 4.40 Å². The van der Waals surface area contributed by atoms with E-state index in [4.69, 9.17) is 0 Å². The molecule has 3 heterocycles. The van der Waals surface area contributed by atoms with Gasteiger partial charge in [-0.25, -0.2) is 4.98 Å². The van der Waals surface area contributed by atoms with Crippen molar-refractivity contribution in [2.75, 3.05) is 13.1 Å². The minimum atomic E-state index is 0.248. The number of pyridine rings is 1. The fourth-order valence-corrected chi connectivity index (χ4v) is 2.75. The monoisotopic (exact) mass is 281 g/mol. The zero-order valence-corrected chi connectivity index (χ0v) is 10.2. The van der Waals surface area contributed by atoms with Crippen molar-refractivity contribution in [1.29, 1.82) is 0 Å². The van der Waals surface area contributed by atoms with Crippen LogP contribution >= 0.6 is 15.9 Å². The lowest BCUT2D eigenvalue weighted by Crippen LogP contribution is -2.10. The van der Waals surface area contributed by atoms with Gasteiger partial charge in [0, 0.05) is 12.5 Å². The normalized spacial score (nSPS) is 20.7. The van der Waals surface area contributed by atoms with Gasteiger partial charge in [0.15, 0.2) is 5.88 Å². The first kappa shape index (κ1) is 10.1. The lowest BCUT2D eigenvalue weighted by Gasteiger charge is -2.08. The number of aromatic hydroxyl groups is 1. The lowest BCUT2D eigenvalue weighted by atomic mass is 10.1. The number of nitrogens with zero attached hydrogens (tertiary/aromatic N) is 2. The Balaban J connectivity index is 2.24. The highest BCUT2D eigenvalue weighted by molar-refractivity contribution is 9.10. The summed E-state index contributed by atoms with van der Waals surface area (Å²) in [5, 5.41) is 13.2. The molecule has 0 amide bonds. The van der Waals surface area contributed by atoms with Crippen molar-refractivity contribution in [3.8, 4) is 5.88 Å². The van der Waals surface area contributed by atoms with Crippen molar-refractivity contribution in [2.45, 2.75) is 12.3 Å². The maximum absolute atomic E-state index is 9.91. The molecule has 16 heavy (non-hydrogen) atoms. The zero-order chi connectivity index (χ0) is 11.1. The molecule has 3 rings (SSSR count). The fraction of sp³-hybridized carbons (Fsp3) is 0.364. The Labute approximate surface area is 101 Å². The molecule has 0 aliphatic carbocycles. The highest BCUT2D eigenvalue weighted by Crippen LogP contribution is 2.30. The molecule has 84 valence electrons. The number of halogens is 1. The second-order valence-corrected chi connectivity index (χ2v) is 4.81. The molecule has 1 unspecified atom stereocenters. The van der Waals surface area contributed by atoms with Crippen LogP contribution in [0.3, 0.4) is 0 Å². The smallest absolute Gasteiger partial charge is 0.197 e. The van der Waals surface area contributed by atoms with Crippen LogP contribution in [0.5, 0.6) is 5.88 Å². The summed E-state index contributed by atoms with van der Waals surface area (Å²) in [5.41, 5.74) is 0.918. The summed E-state index contributed by atoms with van der Waals surface area (Å²) in [6.07, 6.45) is 1.07. The number of imidazole rings is 1. The Morgan fingerprint density at radius 3 is 3.12 bits per heavy atom. The minimum Gasteiger partial charge on any atom is -0.494 e. The van der Waals surface area contributed by atoms with E-state index in [0.29, 0.717) is 5.92 Å². The first-order chi connectivity index (χ1) is 7.77. The van der Waals surface area contributed by atoms with Gasteiger partial charge in [0.25, 0.3) is 0 Å². The summed E-state index contributed by atoms with van der Waals surface area (Å²) in [5.74, 6) is 1.56. The Kier molecular flexibility index (Phi) is 2.37. The molecular weight excluding hydrogens is 270 g/mol. The van der Waals surface area contributed by atoms with E-state index in [1.54, 1.807) is 6.07 Å². The van der Waals surface area contributed by atoms with Gasteiger partial charge in [-0.15, -0.1) is 0 Å². The van der Waals surface area contributed by atoms with Crippen LogP contribution in [0.1, 0.15) is 18.2 Å². The van der Waals surface area contributed by atoms with E-state index in [1.165, 1.54) is 0 Å². The van der Waals surface area contributed by atoms with E-state index >= 15 is 0 Å². The fourth-order valence-electron chi connectivity index (χ4n) is 2.26. The van der Waals surface area contributed by atoms with Crippen molar-refractivity contribution in [3.05, 3.63) is 28.6 Å². The predicted molar refractivity (Wildman–Crippen MR) is 64.8 cm³/mol. The van der Waals surface area contributed by atoms with Crippen LogP contribution in [0.4, 0.5) is 0 Å². The number of hydrogen-bond donors (Lipinski definition) is 2. The Morgan fingerprint density at radius 1 is 1.50 bits per heavy atom. The quantitative estimate of drug-likeness (QED) is 0.839. The number of fused-ring (bicyclic) bond motifs is 1. The third kappa shape index (κ3) is 1.43. The Hall–Kier alpha value is -1.07. The van der Waals surface area contributed by atoms with Crippen molar-refractivity contribution < 1.29 is 5.11 Å². The van der Waals surface area contributed by atoms with Crippen molar-refractivity contribution >= 4 is 21.4 Å². The van der Waals surface area contributed by atoms with E-state index in [2.05, 4.69) is 26.2 Å². The average molecular weight is 282 g/mol. The van der Waals surface area contributed by atoms with Crippen LogP contribution in [0.2, 0.25) is 0 Å². The molecule has 1 atom stereocenters. The molecule has 1 saturated heterocycles. The second kappa shape index (κ2) is 3.75. The maximum atomic E-state index is 9.91. The molecule has 0 saturated carbocycles. The van der Waals surface area contributed by atoms with E-state index in [9.17, 15) is 5.11 Å². The van der Waals surface area contributed by atoms with E-state index < -0.39 is 0 Å². The predicted octanol–water partition coefficient (Wildman–Crippen LogP) is 1.88. The molecule has 1 aliphatic rings. The van der Waals surface area contributed by atoms with Gasteiger partial charge in [0.1, 0.15) is 10.4 Å². The van der Waals surface area contributed by atoms with Gasteiger partial charge in [-0.2, -0.15) is 0 Å². The lowest BCUT2D eigenvalue weighted by molar-refractivity contribution is 0.440. The molecule has 0 bridgehead atoms. The molecule has 1 aliphatic heterocycles. The van der Waals surface area contributed by atoms with Gasteiger partial charge < -0.3 is 10.4 Å². The molecule has 1 fully saturated rings. The zero-order valence-electron chi connectivity index (χ0n) is 8.65. The third-order valence-corrected chi connectivity index (χ3v) is 3.63. The molecule has 2 N–H and O–H groups in total. The molecule has 0 radical (unpaired) electrons. The van der Waals surface area contributed by atoms with Crippen LogP contribution in [0, 0.1) is 0 Å². The van der Waals surface area contributed by atoms with Gasteiger partial charge in [-0.1, -0.05) is 6.07 Å². The summed E-state index contributed by atoms with van der Waals surface area (Å²) >= 11 is 3.44.